The van der Waals surface area contributed by atoms with Gasteiger partial charge < -0.3 is 9.80 Å². The second-order valence-corrected chi connectivity index (χ2v) is 7.26. The lowest BCUT2D eigenvalue weighted by Crippen LogP contribution is -2.52. The lowest BCUT2D eigenvalue weighted by molar-refractivity contribution is -0.117. The highest BCUT2D eigenvalue weighted by Gasteiger charge is 2.36. The van der Waals surface area contributed by atoms with Gasteiger partial charge in [-0.15, -0.1) is 11.3 Å². The molecule has 3 heterocycles. The molecule has 0 aliphatic carbocycles. The van der Waals surface area contributed by atoms with Crippen LogP contribution in [-0.2, 0) is 4.79 Å². The zero-order chi connectivity index (χ0) is 17.2. The highest BCUT2D eigenvalue weighted by Crippen LogP contribution is 2.25. The standard InChI is InChI=1S/C18H20N4O2S/c23-16-12-15(13-22(16)14-4-2-1-3-5-14)20-7-9-21(10-8-20)18(24)17-19-6-11-25-17/h1-6,11,15H,7-10,12-13H2. The molecule has 0 bridgehead atoms. The molecular formula is C18H20N4O2S. The minimum Gasteiger partial charge on any atom is -0.334 e. The molecule has 4 rings (SSSR count). The second kappa shape index (κ2) is 6.93. The van der Waals surface area contributed by atoms with Crippen molar-refractivity contribution in [1.82, 2.24) is 14.8 Å². The number of carbonyl (C=O) groups excluding carboxylic acids is 2. The van der Waals surface area contributed by atoms with Crippen molar-refractivity contribution in [2.45, 2.75) is 12.5 Å². The molecule has 2 aliphatic heterocycles. The fourth-order valence-electron chi connectivity index (χ4n) is 3.55. The molecule has 0 radical (unpaired) electrons. The predicted octanol–water partition coefficient (Wildman–Crippen LogP) is 1.71. The number of rotatable bonds is 3. The number of benzene rings is 1. The average Bonchev–Trinajstić information content (AvgIpc) is 3.32. The van der Waals surface area contributed by atoms with E-state index in [4.69, 9.17) is 0 Å². The van der Waals surface area contributed by atoms with E-state index >= 15 is 0 Å². The van der Waals surface area contributed by atoms with Crippen LogP contribution in [0.2, 0.25) is 0 Å². The Kier molecular flexibility index (Phi) is 4.50. The lowest BCUT2D eigenvalue weighted by atomic mass is 10.2. The Morgan fingerprint density at radius 2 is 1.88 bits per heavy atom. The van der Waals surface area contributed by atoms with Crippen molar-refractivity contribution in [3.05, 3.63) is 46.9 Å². The van der Waals surface area contributed by atoms with E-state index in [-0.39, 0.29) is 17.9 Å². The van der Waals surface area contributed by atoms with Crippen LogP contribution >= 0.6 is 11.3 Å². The van der Waals surface area contributed by atoms with E-state index in [0.717, 1.165) is 25.3 Å². The summed E-state index contributed by atoms with van der Waals surface area (Å²) in [4.78, 5) is 34.9. The maximum atomic E-state index is 12.4. The first-order valence-electron chi connectivity index (χ1n) is 8.50. The molecule has 25 heavy (non-hydrogen) atoms. The number of hydrogen-bond donors (Lipinski definition) is 0. The Labute approximate surface area is 150 Å². The molecule has 2 saturated heterocycles. The average molecular weight is 356 g/mol. The number of thiazole rings is 1. The van der Waals surface area contributed by atoms with Crippen LogP contribution in [0, 0.1) is 0 Å². The second-order valence-electron chi connectivity index (χ2n) is 6.36. The quantitative estimate of drug-likeness (QED) is 0.840. The van der Waals surface area contributed by atoms with Gasteiger partial charge >= 0.3 is 0 Å². The zero-order valence-electron chi connectivity index (χ0n) is 13.9. The van der Waals surface area contributed by atoms with E-state index in [0.29, 0.717) is 24.5 Å². The van der Waals surface area contributed by atoms with Gasteiger partial charge in [0.1, 0.15) is 0 Å². The first-order chi connectivity index (χ1) is 12.2. The van der Waals surface area contributed by atoms with E-state index in [1.165, 1.54) is 11.3 Å². The maximum Gasteiger partial charge on any atom is 0.282 e. The van der Waals surface area contributed by atoms with Gasteiger partial charge in [0.15, 0.2) is 5.01 Å². The molecule has 2 fully saturated rings. The number of aromatic nitrogens is 1. The Balaban J connectivity index is 1.35. The summed E-state index contributed by atoms with van der Waals surface area (Å²) < 4.78 is 0. The summed E-state index contributed by atoms with van der Waals surface area (Å²) in [6, 6.07) is 10.1. The largest absolute Gasteiger partial charge is 0.334 e. The van der Waals surface area contributed by atoms with Gasteiger partial charge in [-0.05, 0) is 12.1 Å². The zero-order valence-corrected chi connectivity index (χ0v) is 14.7. The molecule has 1 atom stereocenters. The minimum atomic E-state index is 0.0167. The fraction of sp³-hybridized carbons (Fsp3) is 0.389. The number of para-hydroxylation sites is 1. The first kappa shape index (κ1) is 16.2. The normalized spacial score (nSPS) is 21.8. The third-order valence-electron chi connectivity index (χ3n) is 4.91. The van der Waals surface area contributed by atoms with Gasteiger partial charge in [-0.1, -0.05) is 18.2 Å². The van der Waals surface area contributed by atoms with E-state index in [9.17, 15) is 9.59 Å². The molecule has 6 nitrogen and oxygen atoms in total. The van der Waals surface area contributed by atoms with Crippen molar-refractivity contribution >= 4 is 28.8 Å². The third-order valence-corrected chi connectivity index (χ3v) is 5.67. The van der Waals surface area contributed by atoms with Gasteiger partial charge in [-0.3, -0.25) is 14.5 Å². The molecule has 1 aromatic carbocycles. The van der Waals surface area contributed by atoms with Gasteiger partial charge in [-0.25, -0.2) is 4.98 Å². The molecule has 7 heteroatoms. The van der Waals surface area contributed by atoms with Crippen LogP contribution < -0.4 is 4.90 Å². The molecule has 0 spiro atoms. The molecule has 1 aromatic heterocycles. The number of amides is 2. The first-order valence-corrected chi connectivity index (χ1v) is 9.38. The third kappa shape index (κ3) is 3.29. The number of hydrogen-bond acceptors (Lipinski definition) is 5. The minimum absolute atomic E-state index is 0.0167. The van der Waals surface area contributed by atoms with E-state index in [2.05, 4.69) is 9.88 Å². The van der Waals surface area contributed by atoms with Crippen LogP contribution in [-0.4, -0.2) is 65.4 Å². The maximum absolute atomic E-state index is 12.4. The van der Waals surface area contributed by atoms with Crippen molar-refractivity contribution in [1.29, 1.82) is 0 Å². The summed E-state index contributed by atoms with van der Waals surface area (Å²) in [6.07, 6.45) is 2.21. The Hall–Kier alpha value is -2.25. The van der Waals surface area contributed by atoms with E-state index in [1.54, 1.807) is 6.20 Å². The SMILES string of the molecule is O=C(c1nccs1)N1CCN(C2CC(=O)N(c3ccccc3)C2)CC1. The van der Waals surface area contributed by atoms with E-state index in [1.807, 2.05) is 45.5 Å². The van der Waals surface area contributed by atoms with E-state index < -0.39 is 0 Å². The fourth-order valence-corrected chi connectivity index (χ4v) is 4.15. The van der Waals surface area contributed by atoms with Crippen LogP contribution in [0.15, 0.2) is 41.9 Å². The Morgan fingerprint density at radius 3 is 2.56 bits per heavy atom. The summed E-state index contributed by atoms with van der Waals surface area (Å²) in [5.74, 6) is 0.195. The molecule has 1 unspecified atom stereocenters. The molecule has 2 aliphatic rings. The van der Waals surface area contributed by atoms with Crippen LogP contribution in [0.1, 0.15) is 16.2 Å². The number of carbonyl (C=O) groups is 2. The van der Waals surface area contributed by atoms with Crippen molar-refractivity contribution < 1.29 is 9.59 Å². The van der Waals surface area contributed by atoms with Gasteiger partial charge in [0.2, 0.25) is 5.91 Å². The highest BCUT2D eigenvalue weighted by atomic mass is 32.1. The molecule has 130 valence electrons. The smallest absolute Gasteiger partial charge is 0.282 e. The topological polar surface area (TPSA) is 56.8 Å². The number of nitrogens with zero attached hydrogens (tertiary/aromatic N) is 4. The molecule has 0 saturated carbocycles. The van der Waals surface area contributed by atoms with Gasteiger partial charge in [-0.2, -0.15) is 0 Å². The van der Waals surface area contributed by atoms with Gasteiger partial charge in [0.25, 0.3) is 5.91 Å². The lowest BCUT2D eigenvalue weighted by Gasteiger charge is -2.37. The number of piperazine rings is 1. The highest BCUT2D eigenvalue weighted by molar-refractivity contribution is 7.11. The summed E-state index contributed by atoms with van der Waals surface area (Å²) >= 11 is 1.38. The molecule has 0 N–H and O–H groups in total. The monoisotopic (exact) mass is 356 g/mol. The van der Waals surface area contributed by atoms with Gasteiger partial charge in [0, 0.05) is 62.5 Å². The summed E-state index contributed by atoms with van der Waals surface area (Å²) in [5, 5.41) is 2.38. The van der Waals surface area contributed by atoms with Crippen LogP contribution in [0.3, 0.4) is 0 Å². The van der Waals surface area contributed by atoms with Crippen molar-refractivity contribution in [2.24, 2.45) is 0 Å². The predicted molar refractivity (Wildman–Crippen MR) is 96.8 cm³/mol. The molecule has 2 aromatic rings. The summed E-state index contributed by atoms with van der Waals surface area (Å²) in [6.45, 7) is 3.71. The number of anilines is 1. The van der Waals surface area contributed by atoms with Crippen LogP contribution in [0.25, 0.3) is 0 Å². The van der Waals surface area contributed by atoms with Crippen molar-refractivity contribution in [3.8, 4) is 0 Å². The van der Waals surface area contributed by atoms with Crippen LogP contribution in [0.4, 0.5) is 5.69 Å². The van der Waals surface area contributed by atoms with Crippen molar-refractivity contribution in [2.75, 3.05) is 37.6 Å². The van der Waals surface area contributed by atoms with Crippen LogP contribution in [0.5, 0.6) is 0 Å². The molecular weight excluding hydrogens is 336 g/mol. The summed E-state index contributed by atoms with van der Waals surface area (Å²) in [7, 11) is 0. The molecule has 2 amide bonds. The Bertz CT molecular complexity index is 742. The Morgan fingerprint density at radius 1 is 1.12 bits per heavy atom. The van der Waals surface area contributed by atoms with Gasteiger partial charge in [0.05, 0.1) is 0 Å². The summed E-state index contributed by atoms with van der Waals surface area (Å²) in [5.41, 5.74) is 0.965. The van der Waals surface area contributed by atoms with Crippen molar-refractivity contribution in [3.63, 3.8) is 0 Å².